The largest absolute Gasteiger partial charge is 0.497 e. The Morgan fingerprint density at radius 3 is 2.47 bits per heavy atom. The summed E-state index contributed by atoms with van der Waals surface area (Å²) >= 11 is 0. The maximum Gasteiger partial charge on any atom is 0.274 e. The van der Waals surface area contributed by atoms with Crippen LogP contribution in [0.4, 0.5) is 0 Å². The summed E-state index contributed by atoms with van der Waals surface area (Å²) in [6, 6.07) is 9.01. The molecule has 2 aromatic heterocycles. The second-order valence-corrected chi connectivity index (χ2v) is 9.42. The van der Waals surface area contributed by atoms with E-state index in [9.17, 15) is 13.2 Å². The highest BCUT2D eigenvalue weighted by Crippen LogP contribution is 2.24. The van der Waals surface area contributed by atoms with Gasteiger partial charge in [-0.3, -0.25) is 4.79 Å². The number of ether oxygens (including phenoxy) is 1. The van der Waals surface area contributed by atoms with Gasteiger partial charge in [-0.2, -0.15) is 9.40 Å². The number of sulfonamides is 1. The molecule has 0 spiro atoms. The van der Waals surface area contributed by atoms with Crippen LogP contribution in [0, 0.1) is 13.8 Å². The molecule has 0 atom stereocenters. The number of carbonyl (C=O) groups excluding carboxylic acids is 1. The Balaban J connectivity index is 1.47. The van der Waals surface area contributed by atoms with Crippen molar-refractivity contribution in [3.63, 3.8) is 0 Å². The van der Waals surface area contributed by atoms with Crippen molar-refractivity contribution < 1.29 is 22.5 Å². The van der Waals surface area contributed by atoms with E-state index in [2.05, 4.69) is 10.3 Å². The number of carbonyl (C=O) groups is 1. The number of rotatable bonds is 5. The number of nitrogens with zero attached hydrogens (tertiary/aromatic N) is 5. The van der Waals surface area contributed by atoms with Gasteiger partial charge in [-0.1, -0.05) is 5.16 Å². The van der Waals surface area contributed by atoms with Gasteiger partial charge in [0, 0.05) is 32.4 Å². The minimum Gasteiger partial charge on any atom is -0.497 e. The van der Waals surface area contributed by atoms with Crippen LogP contribution in [-0.4, -0.2) is 71.8 Å². The molecule has 0 bridgehead atoms. The van der Waals surface area contributed by atoms with Crippen LogP contribution in [0.15, 0.2) is 45.9 Å². The standard InChI is InChI=1S/C21H25N5O5S/c1-15-20(16(2)31-23-15)32(28,29)25-11-4-10-24(13-14-25)21(27)19-9-12-26(22-19)17-5-7-18(30-3)8-6-17/h5-9,12H,4,10-11,13-14H2,1-3H3. The molecule has 11 heteroatoms. The summed E-state index contributed by atoms with van der Waals surface area (Å²) in [6.07, 6.45) is 2.24. The normalized spacial score (nSPS) is 15.5. The van der Waals surface area contributed by atoms with Crippen LogP contribution in [0.3, 0.4) is 0 Å². The van der Waals surface area contributed by atoms with Crippen molar-refractivity contribution in [1.82, 2.24) is 24.1 Å². The van der Waals surface area contributed by atoms with Gasteiger partial charge in [-0.25, -0.2) is 13.1 Å². The molecule has 1 aromatic carbocycles. The second-order valence-electron chi connectivity index (χ2n) is 7.55. The van der Waals surface area contributed by atoms with Gasteiger partial charge in [-0.15, -0.1) is 0 Å². The van der Waals surface area contributed by atoms with Crippen LogP contribution in [0.2, 0.25) is 0 Å². The van der Waals surface area contributed by atoms with Gasteiger partial charge in [-0.05, 0) is 50.6 Å². The summed E-state index contributed by atoms with van der Waals surface area (Å²) in [5.41, 5.74) is 1.45. The predicted molar refractivity (Wildman–Crippen MR) is 115 cm³/mol. The van der Waals surface area contributed by atoms with Crippen LogP contribution >= 0.6 is 0 Å². The van der Waals surface area contributed by atoms with Crippen molar-refractivity contribution in [3.8, 4) is 11.4 Å². The van der Waals surface area contributed by atoms with Crippen LogP contribution < -0.4 is 4.74 Å². The van der Waals surface area contributed by atoms with E-state index in [1.807, 2.05) is 24.3 Å². The predicted octanol–water partition coefficient (Wildman–Crippen LogP) is 2.02. The maximum atomic E-state index is 13.1. The number of amides is 1. The zero-order chi connectivity index (χ0) is 22.9. The van der Waals surface area contributed by atoms with E-state index >= 15 is 0 Å². The van der Waals surface area contributed by atoms with Gasteiger partial charge in [0.15, 0.2) is 11.5 Å². The monoisotopic (exact) mass is 459 g/mol. The topological polar surface area (TPSA) is 111 Å². The first-order chi connectivity index (χ1) is 15.3. The third-order valence-electron chi connectivity index (χ3n) is 5.45. The van der Waals surface area contributed by atoms with Crippen LogP contribution in [0.25, 0.3) is 5.69 Å². The Morgan fingerprint density at radius 1 is 1.06 bits per heavy atom. The Hall–Kier alpha value is -3.18. The zero-order valence-electron chi connectivity index (χ0n) is 18.2. The smallest absolute Gasteiger partial charge is 0.274 e. The summed E-state index contributed by atoms with van der Waals surface area (Å²) in [4.78, 5) is 14.8. The van der Waals surface area contributed by atoms with Crippen LogP contribution in [0.1, 0.15) is 28.4 Å². The second kappa shape index (κ2) is 8.75. The van der Waals surface area contributed by atoms with E-state index in [-0.39, 0.29) is 29.7 Å². The highest BCUT2D eigenvalue weighted by Gasteiger charge is 2.33. The molecule has 0 N–H and O–H groups in total. The van der Waals surface area contributed by atoms with Crippen molar-refractivity contribution in [2.24, 2.45) is 0 Å². The Bertz CT molecular complexity index is 1200. The zero-order valence-corrected chi connectivity index (χ0v) is 19.0. The molecule has 0 saturated carbocycles. The van der Waals surface area contributed by atoms with E-state index in [0.29, 0.717) is 30.9 Å². The number of hydrogen-bond donors (Lipinski definition) is 0. The maximum absolute atomic E-state index is 13.1. The fourth-order valence-electron chi connectivity index (χ4n) is 3.79. The molecule has 1 aliphatic rings. The summed E-state index contributed by atoms with van der Waals surface area (Å²) < 4.78 is 39.4. The van der Waals surface area contributed by atoms with Gasteiger partial charge >= 0.3 is 0 Å². The van der Waals surface area contributed by atoms with Crippen molar-refractivity contribution in [2.45, 2.75) is 25.2 Å². The van der Waals surface area contributed by atoms with Crippen molar-refractivity contribution >= 4 is 15.9 Å². The molecule has 4 rings (SSSR count). The summed E-state index contributed by atoms with van der Waals surface area (Å²) in [5.74, 6) is 0.774. The van der Waals surface area contributed by atoms with E-state index < -0.39 is 10.0 Å². The van der Waals surface area contributed by atoms with Gasteiger partial charge in [0.25, 0.3) is 5.91 Å². The molecule has 0 unspecified atom stereocenters. The van der Waals surface area contributed by atoms with Crippen LogP contribution in [0.5, 0.6) is 5.75 Å². The van der Waals surface area contributed by atoms with Gasteiger partial charge in [0.1, 0.15) is 16.3 Å². The molecule has 32 heavy (non-hydrogen) atoms. The lowest BCUT2D eigenvalue weighted by Gasteiger charge is -2.21. The lowest BCUT2D eigenvalue weighted by atomic mass is 10.3. The fraction of sp³-hybridized carbons (Fsp3) is 0.381. The number of aryl methyl sites for hydroxylation is 2. The molecular formula is C21H25N5O5S. The highest BCUT2D eigenvalue weighted by atomic mass is 32.2. The number of benzene rings is 1. The summed E-state index contributed by atoms with van der Waals surface area (Å²) in [6.45, 7) is 4.42. The molecule has 0 radical (unpaired) electrons. The average molecular weight is 460 g/mol. The average Bonchev–Trinajstić information content (AvgIpc) is 3.32. The SMILES string of the molecule is COc1ccc(-n2ccc(C(=O)N3CCCN(S(=O)(=O)c4c(C)noc4C)CC3)n2)cc1. The minimum atomic E-state index is -3.75. The number of aromatic nitrogens is 3. The first-order valence-corrected chi connectivity index (χ1v) is 11.7. The van der Waals surface area contributed by atoms with E-state index in [1.165, 1.54) is 4.31 Å². The van der Waals surface area contributed by atoms with Crippen LogP contribution in [-0.2, 0) is 10.0 Å². The molecule has 1 aliphatic heterocycles. The van der Waals surface area contributed by atoms with Gasteiger partial charge < -0.3 is 14.2 Å². The molecule has 10 nitrogen and oxygen atoms in total. The molecule has 170 valence electrons. The van der Waals surface area contributed by atoms with E-state index in [1.54, 1.807) is 42.8 Å². The van der Waals surface area contributed by atoms with Gasteiger partial charge in [0.2, 0.25) is 10.0 Å². The Kier molecular flexibility index (Phi) is 6.02. The number of hydrogen-bond acceptors (Lipinski definition) is 7. The molecule has 3 aromatic rings. The highest BCUT2D eigenvalue weighted by molar-refractivity contribution is 7.89. The number of methoxy groups -OCH3 is 1. The van der Waals surface area contributed by atoms with Crippen molar-refractivity contribution in [3.05, 3.63) is 53.7 Å². The first-order valence-electron chi connectivity index (χ1n) is 10.2. The third kappa shape index (κ3) is 4.13. The lowest BCUT2D eigenvalue weighted by molar-refractivity contribution is 0.0758. The van der Waals surface area contributed by atoms with E-state index in [0.717, 1.165) is 11.4 Å². The molecule has 1 amide bonds. The van der Waals surface area contributed by atoms with Gasteiger partial charge in [0.05, 0.1) is 12.8 Å². The molecule has 3 heterocycles. The van der Waals surface area contributed by atoms with E-state index in [4.69, 9.17) is 9.26 Å². The molecule has 1 fully saturated rings. The molecular weight excluding hydrogens is 434 g/mol. The van der Waals surface area contributed by atoms with Crippen molar-refractivity contribution in [1.29, 1.82) is 0 Å². The third-order valence-corrected chi connectivity index (χ3v) is 7.60. The minimum absolute atomic E-state index is 0.107. The van der Waals surface area contributed by atoms with Crippen molar-refractivity contribution in [2.75, 3.05) is 33.3 Å². The first kappa shape index (κ1) is 22.0. The summed E-state index contributed by atoms with van der Waals surface area (Å²) in [5, 5.41) is 8.16. The lowest BCUT2D eigenvalue weighted by Crippen LogP contribution is -2.37. The quantitative estimate of drug-likeness (QED) is 0.574. The fourth-order valence-corrected chi connectivity index (χ4v) is 5.55. The molecule has 0 aliphatic carbocycles. The molecule has 1 saturated heterocycles. The summed E-state index contributed by atoms with van der Waals surface area (Å²) in [7, 11) is -2.15. The Morgan fingerprint density at radius 2 is 1.81 bits per heavy atom. The Labute approximate surface area is 186 Å².